The summed E-state index contributed by atoms with van der Waals surface area (Å²) in [4.78, 5) is 8.98. The molecule has 2 aromatic rings. The summed E-state index contributed by atoms with van der Waals surface area (Å²) in [6.07, 6.45) is 5.46. The predicted molar refractivity (Wildman–Crippen MR) is 82.4 cm³/mol. The van der Waals surface area contributed by atoms with Crippen LogP contribution < -0.4 is 5.73 Å². The normalized spacial score (nSPS) is 11.8. The highest BCUT2D eigenvalue weighted by Crippen LogP contribution is 2.31. The first kappa shape index (κ1) is 14.4. The van der Waals surface area contributed by atoms with Crippen LogP contribution in [0.25, 0.3) is 11.4 Å². The molecule has 0 aliphatic carbocycles. The number of aromatic nitrogens is 4. The molecule has 0 unspecified atom stereocenters. The molecule has 0 spiro atoms. The topological polar surface area (TPSA) is 61.7 Å². The van der Waals surface area contributed by atoms with Crippen molar-refractivity contribution in [3.8, 4) is 11.4 Å². The second kappa shape index (κ2) is 5.15. The molecule has 0 fully saturated rings. The minimum atomic E-state index is -0.0769. The van der Waals surface area contributed by atoms with Crippen molar-refractivity contribution in [2.45, 2.75) is 46.2 Å². The number of hydrogen-bond donors (Lipinski definition) is 1. The van der Waals surface area contributed by atoms with Gasteiger partial charge in [0.25, 0.3) is 0 Å². The maximum Gasteiger partial charge on any atom is 0.133 e. The van der Waals surface area contributed by atoms with Gasteiger partial charge in [-0.05, 0) is 6.92 Å². The molecule has 0 saturated carbocycles. The van der Waals surface area contributed by atoms with Crippen LogP contribution in [0.3, 0.4) is 0 Å². The predicted octanol–water partition coefficient (Wildman–Crippen LogP) is 2.83. The van der Waals surface area contributed by atoms with Gasteiger partial charge < -0.3 is 14.9 Å². The molecule has 5 nitrogen and oxygen atoms in total. The van der Waals surface area contributed by atoms with Crippen LogP contribution in [0.1, 0.15) is 33.5 Å². The fraction of sp³-hybridized carbons (Fsp3) is 0.467. The van der Waals surface area contributed by atoms with E-state index < -0.39 is 0 Å². The fourth-order valence-electron chi connectivity index (χ4n) is 2.31. The van der Waals surface area contributed by atoms with E-state index in [4.69, 9.17) is 10.7 Å². The van der Waals surface area contributed by atoms with Gasteiger partial charge in [-0.15, -0.1) is 6.58 Å². The Kier molecular flexibility index (Phi) is 3.70. The van der Waals surface area contributed by atoms with Crippen molar-refractivity contribution in [2.24, 2.45) is 0 Å². The molecule has 2 heterocycles. The monoisotopic (exact) mass is 273 g/mol. The third-order valence-electron chi connectivity index (χ3n) is 3.28. The lowest BCUT2D eigenvalue weighted by molar-refractivity contribution is 0.515. The zero-order valence-electron chi connectivity index (χ0n) is 12.7. The fourth-order valence-corrected chi connectivity index (χ4v) is 2.31. The molecule has 0 aromatic carbocycles. The van der Waals surface area contributed by atoms with E-state index in [1.165, 1.54) is 0 Å². The van der Waals surface area contributed by atoms with Crippen LogP contribution in [0, 0.1) is 0 Å². The van der Waals surface area contributed by atoms with Gasteiger partial charge in [-0.25, -0.2) is 9.97 Å². The third-order valence-corrected chi connectivity index (χ3v) is 3.28. The molecule has 0 amide bonds. The van der Waals surface area contributed by atoms with Gasteiger partial charge in [0, 0.05) is 18.5 Å². The van der Waals surface area contributed by atoms with E-state index in [0.717, 1.165) is 23.8 Å². The molecule has 108 valence electrons. The highest BCUT2D eigenvalue weighted by Gasteiger charge is 2.26. The van der Waals surface area contributed by atoms with Crippen LogP contribution in [0.4, 0.5) is 5.82 Å². The SMILES string of the molecule is C=CCn1c(C(C)(C)C)nc(-c2cncn2CC)c1N. The van der Waals surface area contributed by atoms with Crippen molar-refractivity contribution < 1.29 is 0 Å². The Balaban J connectivity index is 2.64. The summed E-state index contributed by atoms with van der Waals surface area (Å²) >= 11 is 0. The lowest BCUT2D eigenvalue weighted by atomic mass is 9.95. The molecule has 0 atom stereocenters. The standard InChI is InChI=1S/C15H23N5/c1-6-8-20-13(16)12(18-14(20)15(3,4)5)11-9-17-10-19(11)7-2/h6,9-10H,1,7-8,16H2,2-5H3. The third kappa shape index (κ3) is 2.35. The minimum absolute atomic E-state index is 0.0769. The van der Waals surface area contributed by atoms with Gasteiger partial charge in [-0.2, -0.15) is 0 Å². The summed E-state index contributed by atoms with van der Waals surface area (Å²) in [6, 6.07) is 0. The Bertz CT molecular complexity index is 613. The van der Waals surface area contributed by atoms with Crippen LogP contribution in [-0.2, 0) is 18.5 Å². The lowest BCUT2D eigenvalue weighted by Gasteiger charge is -2.19. The summed E-state index contributed by atoms with van der Waals surface area (Å²) in [6.45, 7) is 13.8. The number of imidazole rings is 2. The van der Waals surface area contributed by atoms with Gasteiger partial charge in [-0.3, -0.25) is 0 Å². The molecular weight excluding hydrogens is 250 g/mol. The van der Waals surface area contributed by atoms with E-state index in [9.17, 15) is 0 Å². The first-order valence-corrected chi connectivity index (χ1v) is 6.88. The van der Waals surface area contributed by atoms with Crippen LogP contribution in [-0.4, -0.2) is 19.1 Å². The average molecular weight is 273 g/mol. The molecular formula is C15H23N5. The van der Waals surface area contributed by atoms with Crippen LogP contribution in [0.2, 0.25) is 0 Å². The Morgan fingerprint density at radius 1 is 1.40 bits per heavy atom. The van der Waals surface area contributed by atoms with E-state index in [1.807, 2.05) is 21.4 Å². The first-order valence-electron chi connectivity index (χ1n) is 6.88. The minimum Gasteiger partial charge on any atom is -0.383 e. The van der Waals surface area contributed by atoms with Crippen molar-refractivity contribution in [1.82, 2.24) is 19.1 Å². The van der Waals surface area contributed by atoms with Crippen molar-refractivity contribution in [2.75, 3.05) is 5.73 Å². The number of anilines is 1. The zero-order chi connectivity index (χ0) is 14.9. The van der Waals surface area contributed by atoms with E-state index in [-0.39, 0.29) is 5.41 Å². The van der Waals surface area contributed by atoms with E-state index in [1.54, 1.807) is 6.33 Å². The second-order valence-electron chi connectivity index (χ2n) is 5.88. The largest absolute Gasteiger partial charge is 0.383 e. The van der Waals surface area contributed by atoms with Crippen LogP contribution >= 0.6 is 0 Å². The van der Waals surface area contributed by atoms with Gasteiger partial charge >= 0.3 is 0 Å². The molecule has 0 aliphatic heterocycles. The van der Waals surface area contributed by atoms with E-state index in [2.05, 4.69) is 39.3 Å². The van der Waals surface area contributed by atoms with Gasteiger partial charge in [0.2, 0.25) is 0 Å². The molecule has 2 rings (SSSR count). The Hall–Kier alpha value is -2.04. The molecule has 2 aromatic heterocycles. The maximum atomic E-state index is 6.31. The quantitative estimate of drug-likeness (QED) is 0.871. The lowest BCUT2D eigenvalue weighted by Crippen LogP contribution is -2.19. The molecule has 20 heavy (non-hydrogen) atoms. The smallest absolute Gasteiger partial charge is 0.133 e. The van der Waals surface area contributed by atoms with Gasteiger partial charge in [0.05, 0.1) is 18.2 Å². The first-order chi connectivity index (χ1) is 9.40. The van der Waals surface area contributed by atoms with Crippen molar-refractivity contribution in [3.05, 3.63) is 31.0 Å². The molecule has 2 N–H and O–H groups in total. The number of rotatable bonds is 4. The van der Waals surface area contributed by atoms with E-state index in [0.29, 0.717) is 12.4 Å². The molecule has 0 aliphatic rings. The van der Waals surface area contributed by atoms with Gasteiger partial charge in [0.15, 0.2) is 0 Å². The molecule has 5 heteroatoms. The highest BCUT2D eigenvalue weighted by molar-refractivity contribution is 5.68. The summed E-state index contributed by atoms with van der Waals surface area (Å²) in [7, 11) is 0. The number of aryl methyl sites for hydroxylation is 1. The summed E-state index contributed by atoms with van der Waals surface area (Å²) in [5, 5.41) is 0. The number of hydrogen-bond acceptors (Lipinski definition) is 3. The highest BCUT2D eigenvalue weighted by atomic mass is 15.2. The second-order valence-corrected chi connectivity index (χ2v) is 5.88. The zero-order valence-corrected chi connectivity index (χ0v) is 12.7. The van der Waals surface area contributed by atoms with Crippen molar-refractivity contribution >= 4 is 5.82 Å². The molecule has 0 saturated heterocycles. The Morgan fingerprint density at radius 2 is 2.10 bits per heavy atom. The number of nitrogens with two attached hydrogens (primary N) is 1. The Morgan fingerprint density at radius 3 is 2.65 bits per heavy atom. The summed E-state index contributed by atoms with van der Waals surface area (Å²) in [5.41, 5.74) is 8.00. The molecule has 0 radical (unpaired) electrons. The van der Waals surface area contributed by atoms with E-state index >= 15 is 0 Å². The molecule has 0 bridgehead atoms. The summed E-state index contributed by atoms with van der Waals surface area (Å²) < 4.78 is 4.07. The number of allylic oxidation sites excluding steroid dienone is 1. The van der Waals surface area contributed by atoms with Gasteiger partial charge in [0.1, 0.15) is 17.3 Å². The van der Waals surface area contributed by atoms with Crippen molar-refractivity contribution in [3.63, 3.8) is 0 Å². The maximum absolute atomic E-state index is 6.31. The Labute approximate surface area is 120 Å². The van der Waals surface area contributed by atoms with Crippen LogP contribution in [0.15, 0.2) is 25.2 Å². The summed E-state index contributed by atoms with van der Waals surface area (Å²) in [5.74, 6) is 1.64. The van der Waals surface area contributed by atoms with Crippen molar-refractivity contribution in [1.29, 1.82) is 0 Å². The number of nitrogens with zero attached hydrogens (tertiary/aromatic N) is 4. The van der Waals surface area contributed by atoms with Gasteiger partial charge in [-0.1, -0.05) is 26.8 Å². The van der Waals surface area contributed by atoms with Crippen LogP contribution in [0.5, 0.6) is 0 Å². The average Bonchev–Trinajstić information content (AvgIpc) is 2.94. The number of nitrogen functional groups attached to an aromatic ring is 1.